The number of carbonyl (C=O) groups excluding carboxylic acids is 2. The summed E-state index contributed by atoms with van der Waals surface area (Å²) in [6.45, 7) is 3.69. The van der Waals surface area contributed by atoms with E-state index in [1.54, 1.807) is 0 Å². The highest BCUT2D eigenvalue weighted by molar-refractivity contribution is 7.46. The fourth-order valence-corrected chi connectivity index (χ4v) is 5.91. The Bertz CT molecular complexity index is 711. The molecular weight excluding hydrogens is 591 g/mol. The Kier molecular flexibility index (Phi) is 32.3. The molecule has 0 aliphatic rings. The molecule has 0 fully saturated rings. The minimum absolute atomic E-state index is 0.220. The fourth-order valence-electron chi connectivity index (χ4n) is 5.55. The Hall–Kier alpha value is -0.950. The summed E-state index contributed by atoms with van der Waals surface area (Å²) in [5.41, 5.74) is 0. The number of ether oxygens (including phenoxy) is 2. The summed E-state index contributed by atoms with van der Waals surface area (Å²) < 4.78 is 26.3. The summed E-state index contributed by atoms with van der Waals surface area (Å²) in [6.07, 6.45) is 32.5. The third kappa shape index (κ3) is 35.7. The molecule has 0 aliphatic heterocycles. The SMILES string of the molecule is CCCCCCCCCCCCCCCCC(=O)OC(COC(=O)CCCCCCCCCCCCCCC)COP(=O)(O)O. The van der Waals surface area contributed by atoms with E-state index in [0.29, 0.717) is 6.42 Å². The van der Waals surface area contributed by atoms with Crippen LogP contribution >= 0.6 is 7.82 Å². The smallest absolute Gasteiger partial charge is 0.462 e. The van der Waals surface area contributed by atoms with Crippen molar-refractivity contribution in [2.24, 2.45) is 0 Å². The van der Waals surface area contributed by atoms with Crippen LogP contribution in [-0.4, -0.2) is 41.0 Å². The van der Waals surface area contributed by atoms with Crippen LogP contribution in [0.4, 0.5) is 0 Å². The second-order valence-corrected chi connectivity index (χ2v) is 14.2. The third-order valence-electron chi connectivity index (χ3n) is 8.38. The second-order valence-electron chi connectivity index (χ2n) is 12.9. The molecule has 45 heavy (non-hydrogen) atoms. The van der Waals surface area contributed by atoms with Crippen molar-refractivity contribution in [3.8, 4) is 0 Å². The molecule has 0 spiro atoms. The van der Waals surface area contributed by atoms with Crippen LogP contribution in [0.1, 0.15) is 200 Å². The predicted octanol–water partition coefficient (Wildman–Crippen LogP) is 10.9. The van der Waals surface area contributed by atoms with Crippen LogP contribution in [0.3, 0.4) is 0 Å². The van der Waals surface area contributed by atoms with Crippen molar-refractivity contribution in [2.45, 2.75) is 206 Å². The lowest BCUT2D eigenvalue weighted by atomic mass is 10.0. The molecular formula is C36H71O8P. The van der Waals surface area contributed by atoms with Crippen LogP contribution in [0.5, 0.6) is 0 Å². The molecule has 0 amide bonds. The largest absolute Gasteiger partial charge is 0.469 e. The van der Waals surface area contributed by atoms with Gasteiger partial charge >= 0.3 is 19.8 Å². The minimum atomic E-state index is -4.74. The van der Waals surface area contributed by atoms with E-state index in [4.69, 9.17) is 19.3 Å². The molecule has 0 bridgehead atoms. The first-order chi connectivity index (χ1) is 21.8. The molecule has 0 saturated heterocycles. The highest BCUT2D eigenvalue weighted by Gasteiger charge is 2.22. The molecule has 2 N–H and O–H groups in total. The molecule has 9 heteroatoms. The average molecular weight is 663 g/mol. The van der Waals surface area contributed by atoms with Crippen molar-refractivity contribution in [1.29, 1.82) is 0 Å². The maximum absolute atomic E-state index is 12.3. The zero-order valence-corrected chi connectivity index (χ0v) is 30.2. The number of unbranched alkanes of at least 4 members (excludes halogenated alkanes) is 25. The molecule has 0 aromatic heterocycles. The molecule has 1 atom stereocenters. The van der Waals surface area contributed by atoms with Crippen molar-refractivity contribution in [1.82, 2.24) is 0 Å². The van der Waals surface area contributed by atoms with Crippen molar-refractivity contribution in [3.63, 3.8) is 0 Å². The molecule has 0 rings (SSSR count). The Morgan fingerprint density at radius 2 is 0.800 bits per heavy atom. The van der Waals surface area contributed by atoms with Gasteiger partial charge in [-0.3, -0.25) is 14.1 Å². The standard InChI is InChI=1S/C36H71O8P/c1-3-5-7-9-11-13-15-17-19-21-23-25-27-29-31-36(38)44-34(33-43-45(39,40)41)32-42-35(37)30-28-26-24-22-20-18-16-14-12-10-8-6-4-2/h34H,3-33H2,1-2H3,(H2,39,40,41). The summed E-state index contributed by atoms with van der Waals surface area (Å²) in [5.74, 6) is -0.872. The van der Waals surface area contributed by atoms with Crippen LogP contribution in [0, 0.1) is 0 Å². The average Bonchev–Trinajstić information content (AvgIpc) is 3.00. The number of phosphoric acid groups is 1. The quantitative estimate of drug-likeness (QED) is 0.0391. The van der Waals surface area contributed by atoms with E-state index in [2.05, 4.69) is 18.4 Å². The number of hydrogen-bond donors (Lipinski definition) is 2. The fraction of sp³-hybridized carbons (Fsp3) is 0.944. The zero-order chi connectivity index (χ0) is 33.3. The van der Waals surface area contributed by atoms with Gasteiger partial charge in [-0.15, -0.1) is 0 Å². The van der Waals surface area contributed by atoms with E-state index in [1.807, 2.05) is 0 Å². The van der Waals surface area contributed by atoms with E-state index in [-0.39, 0.29) is 19.4 Å². The van der Waals surface area contributed by atoms with Gasteiger partial charge in [-0.1, -0.05) is 174 Å². The van der Waals surface area contributed by atoms with E-state index in [1.165, 1.54) is 135 Å². The molecule has 1 unspecified atom stereocenters. The molecule has 0 aliphatic carbocycles. The summed E-state index contributed by atoms with van der Waals surface area (Å²) in [7, 11) is -4.74. The molecule has 0 saturated carbocycles. The highest BCUT2D eigenvalue weighted by atomic mass is 31.2. The van der Waals surface area contributed by atoms with Gasteiger partial charge in [0, 0.05) is 12.8 Å². The second kappa shape index (κ2) is 33.0. The molecule has 8 nitrogen and oxygen atoms in total. The number of hydrogen-bond acceptors (Lipinski definition) is 6. The maximum atomic E-state index is 12.3. The third-order valence-corrected chi connectivity index (χ3v) is 8.86. The van der Waals surface area contributed by atoms with Crippen molar-refractivity contribution in [3.05, 3.63) is 0 Å². The first-order valence-electron chi connectivity index (χ1n) is 18.8. The van der Waals surface area contributed by atoms with Crippen molar-refractivity contribution < 1.29 is 37.9 Å². The predicted molar refractivity (Wildman–Crippen MR) is 184 cm³/mol. The van der Waals surface area contributed by atoms with Crippen LogP contribution in [0.25, 0.3) is 0 Å². The van der Waals surface area contributed by atoms with Gasteiger partial charge in [-0.25, -0.2) is 4.57 Å². The van der Waals surface area contributed by atoms with E-state index in [9.17, 15) is 14.2 Å². The monoisotopic (exact) mass is 662 g/mol. The van der Waals surface area contributed by atoms with Crippen LogP contribution in [0.15, 0.2) is 0 Å². The van der Waals surface area contributed by atoms with E-state index in [0.717, 1.165) is 32.1 Å². The number of phosphoric ester groups is 1. The van der Waals surface area contributed by atoms with Gasteiger partial charge in [-0.2, -0.15) is 0 Å². The Labute approximate surface area is 276 Å². The topological polar surface area (TPSA) is 119 Å². The van der Waals surface area contributed by atoms with Gasteiger partial charge in [0.15, 0.2) is 6.10 Å². The van der Waals surface area contributed by atoms with Crippen LogP contribution in [0.2, 0.25) is 0 Å². The lowest BCUT2D eigenvalue weighted by Crippen LogP contribution is -2.29. The highest BCUT2D eigenvalue weighted by Crippen LogP contribution is 2.36. The minimum Gasteiger partial charge on any atom is -0.462 e. The zero-order valence-electron chi connectivity index (χ0n) is 29.3. The van der Waals surface area contributed by atoms with Gasteiger partial charge in [-0.05, 0) is 12.8 Å². The number of carbonyl (C=O) groups is 2. The summed E-state index contributed by atoms with van der Waals surface area (Å²) in [4.78, 5) is 42.6. The Morgan fingerprint density at radius 3 is 1.13 bits per heavy atom. The molecule has 268 valence electrons. The summed E-state index contributed by atoms with van der Waals surface area (Å²) >= 11 is 0. The number of rotatable bonds is 35. The van der Waals surface area contributed by atoms with Crippen LogP contribution < -0.4 is 0 Å². The first kappa shape index (κ1) is 44.0. The first-order valence-corrected chi connectivity index (χ1v) is 20.4. The lowest BCUT2D eigenvalue weighted by molar-refractivity contribution is -0.161. The lowest BCUT2D eigenvalue weighted by Gasteiger charge is -2.18. The van der Waals surface area contributed by atoms with Crippen molar-refractivity contribution in [2.75, 3.05) is 13.2 Å². The van der Waals surface area contributed by atoms with E-state index >= 15 is 0 Å². The molecule has 0 heterocycles. The molecule has 0 aromatic carbocycles. The van der Waals surface area contributed by atoms with Gasteiger partial charge in [0.05, 0.1) is 6.61 Å². The molecule has 0 radical (unpaired) electrons. The maximum Gasteiger partial charge on any atom is 0.469 e. The number of esters is 2. The summed E-state index contributed by atoms with van der Waals surface area (Å²) in [5, 5.41) is 0. The summed E-state index contributed by atoms with van der Waals surface area (Å²) in [6, 6.07) is 0. The Morgan fingerprint density at radius 1 is 0.489 bits per heavy atom. The van der Waals surface area contributed by atoms with Gasteiger partial charge in [0.25, 0.3) is 0 Å². The van der Waals surface area contributed by atoms with E-state index < -0.39 is 32.5 Å². The normalized spacial score (nSPS) is 12.4. The molecule has 0 aromatic rings. The van der Waals surface area contributed by atoms with Crippen LogP contribution in [-0.2, 0) is 28.2 Å². The Balaban J connectivity index is 3.92. The van der Waals surface area contributed by atoms with Gasteiger partial charge < -0.3 is 19.3 Å². The van der Waals surface area contributed by atoms with Gasteiger partial charge in [0.2, 0.25) is 0 Å². The van der Waals surface area contributed by atoms with Crippen molar-refractivity contribution >= 4 is 19.8 Å². The van der Waals surface area contributed by atoms with Gasteiger partial charge in [0.1, 0.15) is 6.61 Å².